The number of rotatable bonds is 3. The zero-order valence-corrected chi connectivity index (χ0v) is 12.2. The molecule has 0 unspecified atom stereocenters. The molecule has 1 heterocycles. The van der Waals surface area contributed by atoms with Crippen molar-refractivity contribution in [2.45, 2.75) is 24.8 Å². The maximum Gasteiger partial charge on any atom is 0.325 e. The summed E-state index contributed by atoms with van der Waals surface area (Å²) in [7, 11) is 1.58. The van der Waals surface area contributed by atoms with Gasteiger partial charge in [-0.15, -0.1) is 0 Å². The third-order valence-corrected chi connectivity index (χ3v) is 4.26. The molecule has 3 rings (SSSR count). The van der Waals surface area contributed by atoms with E-state index in [0.29, 0.717) is 12.2 Å². The number of benzene rings is 1. The Morgan fingerprint density at radius 2 is 2.23 bits per heavy atom. The summed E-state index contributed by atoms with van der Waals surface area (Å²) >= 11 is 0. The van der Waals surface area contributed by atoms with Gasteiger partial charge in [-0.1, -0.05) is 6.07 Å². The van der Waals surface area contributed by atoms with Gasteiger partial charge in [0.05, 0.1) is 7.11 Å². The van der Waals surface area contributed by atoms with Crippen molar-refractivity contribution in [1.82, 2.24) is 10.2 Å². The van der Waals surface area contributed by atoms with Gasteiger partial charge in [0.1, 0.15) is 17.8 Å². The zero-order chi connectivity index (χ0) is 15.9. The lowest BCUT2D eigenvalue weighted by molar-refractivity contribution is -0.135. The van der Waals surface area contributed by atoms with Crippen molar-refractivity contribution in [3.8, 4) is 5.75 Å². The van der Waals surface area contributed by atoms with Crippen molar-refractivity contribution < 1.29 is 19.1 Å². The molecule has 0 radical (unpaired) electrons. The van der Waals surface area contributed by atoms with Gasteiger partial charge in [0, 0.05) is 0 Å². The topological polar surface area (TPSA) is 102 Å². The average Bonchev–Trinajstić information content (AvgIpc) is 2.72. The summed E-state index contributed by atoms with van der Waals surface area (Å²) in [5.41, 5.74) is 5.77. The van der Waals surface area contributed by atoms with Gasteiger partial charge in [-0.3, -0.25) is 14.5 Å². The molecule has 1 saturated heterocycles. The number of methoxy groups -OCH3 is 1. The molecule has 1 aromatic carbocycles. The first-order valence-electron chi connectivity index (χ1n) is 7.08. The quantitative estimate of drug-likeness (QED) is 0.782. The number of aryl methyl sites for hydroxylation is 1. The number of nitrogens with two attached hydrogens (primary N) is 1. The number of nitrogens with one attached hydrogen (secondary N) is 1. The van der Waals surface area contributed by atoms with E-state index in [1.807, 2.05) is 6.07 Å². The SMILES string of the molecule is COc1ccc2c(c1)CCC[C@@]21NC(=O)N(CC(N)=O)C1=O. The van der Waals surface area contributed by atoms with E-state index in [1.54, 1.807) is 19.2 Å². The number of nitrogens with zero attached hydrogens (tertiary/aromatic N) is 1. The minimum Gasteiger partial charge on any atom is -0.497 e. The number of amides is 4. The lowest BCUT2D eigenvalue weighted by Gasteiger charge is -2.33. The third-order valence-electron chi connectivity index (χ3n) is 4.26. The molecule has 1 spiro atoms. The number of hydrogen-bond donors (Lipinski definition) is 2. The van der Waals surface area contributed by atoms with Crippen LogP contribution in [0.4, 0.5) is 4.79 Å². The summed E-state index contributed by atoms with van der Waals surface area (Å²) in [6.45, 7) is -0.405. The molecule has 1 aliphatic heterocycles. The zero-order valence-electron chi connectivity index (χ0n) is 12.2. The standard InChI is InChI=1S/C15H17N3O4/c1-22-10-4-5-11-9(7-10)3-2-6-15(11)13(20)18(8-12(16)19)14(21)17-15/h4-5,7H,2-3,6,8H2,1H3,(H2,16,19)(H,17,21)/t15-/m1/s1. The Kier molecular flexibility index (Phi) is 3.27. The Bertz CT molecular complexity index is 673. The highest BCUT2D eigenvalue weighted by Crippen LogP contribution is 2.41. The summed E-state index contributed by atoms with van der Waals surface area (Å²) in [5, 5.41) is 2.76. The van der Waals surface area contributed by atoms with E-state index in [-0.39, 0.29) is 0 Å². The molecule has 116 valence electrons. The summed E-state index contributed by atoms with van der Waals surface area (Å²) < 4.78 is 5.21. The monoisotopic (exact) mass is 303 g/mol. The highest BCUT2D eigenvalue weighted by Gasteiger charge is 2.54. The van der Waals surface area contributed by atoms with E-state index in [9.17, 15) is 14.4 Å². The number of imide groups is 1. The average molecular weight is 303 g/mol. The van der Waals surface area contributed by atoms with Crippen LogP contribution < -0.4 is 15.8 Å². The van der Waals surface area contributed by atoms with Crippen LogP contribution in [0, 0.1) is 0 Å². The predicted molar refractivity (Wildman–Crippen MR) is 77.0 cm³/mol. The van der Waals surface area contributed by atoms with Crippen LogP contribution in [0.15, 0.2) is 18.2 Å². The minimum atomic E-state index is -1.09. The van der Waals surface area contributed by atoms with Crippen LogP contribution in [-0.4, -0.2) is 36.4 Å². The normalized spacial score (nSPS) is 23.4. The molecule has 7 heteroatoms. The predicted octanol–water partition coefficient (Wildman–Crippen LogP) is 0.264. The Hall–Kier alpha value is -2.57. The molecule has 0 saturated carbocycles. The molecule has 0 aromatic heterocycles. The number of hydrogen-bond acceptors (Lipinski definition) is 4. The second-order valence-corrected chi connectivity index (χ2v) is 5.57. The van der Waals surface area contributed by atoms with E-state index in [2.05, 4.69) is 5.32 Å². The van der Waals surface area contributed by atoms with Gasteiger partial charge in [0.2, 0.25) is 5.91 Å². The fourth-order valence-electron chi connectivity index (χ4n) is 3.28. The fraction of sp³-hybridized carbons (Fsp3) is 0.400. The Morgan fingerprint density at radius 1 is 1.45 bits per heavy atom. The lowest BCUT2D eigenvalue weighted by atomic mass is 9.76. The van der Waals surface area contributed by atoms with Crippen molar-refractivity contribution >= 4 is 17.8 Å². The Balaban J connectivity index is 2.04. The first kappa shape index (κ1) is 14.4. The lowest BCUT2D eigenvalue weighted by Crippen LogP contribution is -2.47. The minimum absolute atomic E-state index is 0.405. The van der Waals surface area contributed by atoms with Crippen LogP contribution in [0.3, 0.4) is 0 Å². The van der Waals surface area contributed by atoms with Crippen LogP contribution in [0.1, 0.15) is 24.0 Å². The van der Waals surface area contributed by atoms with Crippen molar-refractivity contribution in [3.63, 3.8) is 0 Å². The maximum absolute atomic E-state index is 12.7. The second kappa shape index (κ2) is 5.01. The molecule has 22 heavy (non-hydrogen) atoms. The highest BCUT2D eigenvalue weighted by atomic mass is 16.5. The molecular weight excluding hydrogens is 286 g/mol. The van der Waals surface area contributed by atoms with Crippen LogP contribution >= 0.6 is 0 Å². The van der Waals surface area contributed by atoms with E-state index in [0.717, 1.165) is 28.9 Å². The molecule has 7 nitrogen and oxygen atoms in total. The van der Waals surface area contributed by atoms with Crippen LogP contribution in [-0.2, 0) is 21.5 Å². The summed E-state index contributed by atoms with van der Waals surface area (Å²) in [6, 6.07) is 4.88. The molecule has 1 aliphatic carbocycles. The largest absolute Gasteiger partial charge is 0.497 e. The third kappa shape index (κ3) is 2.01. The van der Waals surface area contributed by atoms with Gasteiger partial charge in [-0.05, 0) is 42.5 Å². The van der Waals surface area contributed by atoms with Crippen LogP contribution in [0.2, 0.25) is 0 Å². The van der Waals surface area contributed by atoms with Crippen molar-refractivity contribution in [2.75, 3.05) is 13.7 Å². The summed E-state index contributed by atoms with van der Waals surface area (Å²) in [5.74, 6) is -0.421. The molecule has 0 bridgehead atoms. The Morgan fingerprint density at radius 3 is 2.91 bits per heavy atom. The van der Waals surface area contributed by atoms with Gasteiger partial charge in [0.15, 0.2) is 0 Å². The number of carbonyl (C=O) groups is 3. The first-order valence-corrected chi connectivity index (χ1v) is 7.08. The molecule has 1 atom stereocenters. The van der Waals surface area contributed by atoms with Crippen molar-refractivity contribution in [2.24, 2.45) is 5.73 Å². The van der Waals surface area contributed by atoms with E-state index >= 15 is 0 Å². The molecule has 4 amide bonds. The van der Waals surface area contributed by atoms with Crippen molar-refractivity contribution in [3.05, 3.63) is 29.3 Å². The number of urea groups is 1. The van der Waals surface area contributed by atoms with Gasteiger partial charge in [0.25, 0.3) is 5.91 Å². The van der Waals surface area contributed by atoms with E-state index in [4.69, 9.17) is 10.5 Å². The second-order valence-electron chi connectivity index (χ2n) is 5.57. The molecule has 1 fully saturated rings. The fourth-order valence-corrected chi connectivity index (χ4v) is 3.28. The molecule has 2 aliphatic rings. The van der Waals surface area contributed by atoms with Crippen molar-refractivity contribution in [1.29, 1.82) is 0 Å². The maximum atomic E-state index is 12.7. The van der Waals surface area contributed by atoms with E-state index in [1.165, 1.54) is 0 Å². The van der Waals surface area contributed by atoms with Gasteiger partial charge in [-0.25, -0.2) is 4.79 Å². The van der Waals surface area contributed by atoms with Gasteiger partial charge < -0.3 is 15.8 Å². The van der Waals surface area contributed by atoms with Gasteiger partial charge in [-0.2, -0.15) is 0 Å². The Labute approximate surface area is 127 Å². The molecular formula is C15H17N3O4. The van der Waals surface area contributed by atoms with Gasteiger partial charge >= 0.3 is 6.03 Å². The molecule has 3 N–H and O–H groups in total. The van der Waals surface area contributed by atoms with Crippen LogP contribution in [0.5, 0.6) is 5.75 Å². The number of carbonyl (C=O) groups excluding carboxylic acids is 3. The number of ether oxygens (including phenoxy) is 1. The first-order chi connectivity index (χ1) is 10.5. The number of primary amides is 1. The highest BCUT2D eigenvalue weighted by molar-refractivity contribution is 6.09. The van der Waals surface area contributed by atoms with E-state index < -0.39 is 29.9 Å². The molecule has 1 aromatic rings. The summed E-state index contributed by atoms with van der Waals surface area (Å²) in [4.78, 5) is 36.8. The summed E-state index contributed by atoms with van der Waals surface area (Å²) in [6.07, 6.45) is 2.08. The van der Waals surface area contributed by atoms with Crippen LogP contribution in [0.25, 0.3) is 0 Å². The number of fused-ring (bicyclic) bond motifs is 2. The smallest absolute Gasteiger partial charge is 0.325 e.